The average molecular weight is 386 g/mol. The number of likely N-dealkylation sites (tertiary alicyclic amines) is 1. The van der Waals surface area contributed by atoms with Crippen LogP contribution in [0.15, 0.2) is 24.3 Å². The third-order valence-electron chi connectivity index (χ3n) is 3.74. The third kappa shape index (κ3) is 4.74. The van der Waals surface area contributed by atoms with E-state index in [0.29, 0.717) is 0 Å². The minimum Gasteiger partial charge on any atom is -0.351 e. The summed E-state index contributed by atoms with van der Waals surface area (Å²) in [6.07, 6.45) is 1.32. The molecule has 1 aromatic rings. The Balaban J connectivity index is 1.77. The highest BCUT2D eigenvalue weighted by Crippen LogP contribution is 2.20. The zero-order valence-electron chi connectivity index (χ0n) is 12.2. The van der Waals surface area contributed by atoms with Crippen LogP contribution in [-0.2, 0) is 0 Å². The molecule has 3 nitrogen and oxygen atoms in total. The molecule has 0 bridgehead atoms. The van der Waals surface area contributed by atoms with Gasteiger partial charge in [0.1, 0.15) is 0 Å². The molecule has 1 N–H and O–H groups in total. The molecule has 1 aromatic carbocycles. The topological polar surface area (TPSA) is 32.3 Å². The van der Waals surface area contributed by atoms with Gasteiger partial charge in [0.2, 0.25) is 0 Å². The Morgan fingerprint density at radius 2 is 2.05 bits per heavy atom. The first-order valence-electron chi connectivity index (χ1n) is 7.30. The SMILES string of the molecule is CC1CC(C)CN(CCNC(=O)c2cccc(I)c2)C1. The maximum atomic E-state index is 12.0. The first-order chi connectivity index (χ1) is 9.54. The molecule has 1 fully saturated rings. The number of benzene rings is 1. The van der Waals surface area contributed by atoms with Crippen molar-refractivity contribution in [2.24, 2.45) is 11.8 Å². The molecule has 110 valence electrons. The second-order valence-corrected chi connectivity index (χ2v) is 7.22. The van der Waals surface area contributed by atoms with Crippen molar-refractivity contribution in [3.63, 3.8) is 0 Å². The lowest BCUT2D eigenvalue weighted by atomic mass is 9.92. The number of nitrogens with one attached hydrogen (secondary N) is 1. The van der Waals surface area contributed by atoms with Gasteiger partial charge in [0, 0.05) is 35.3 Å². The monoisotopic (exact) mass is 386 g/mol. The van der Waals surface area contributed by atoms with Crippen molar-refractivity contribution in [1.29, 1.82) is 0 Å². The molecule has 2 unspecified atom stereocenters. The van der Waals surface area contributed by atoms with Crippen molar-refractivity contribution in [3.8, 4) is 0 Å². The predicted octanol–water partition coefficient (Wildman–Crippen LogP) is 3.00. The molecule has 0 radical (unpaired) electrons. The summed E-state index contributed by atoms with van der Waals surface area (Å²) in [5.74, 6) is 1.57. The molecule has 1 heterocycles. The summed E-state index contributed by atoms with van der Waals surface area (Å²) >= 11 is 2.23. The maximum Gasteiger partial charge on any atom is 0.251 e. The van der Waals surface area contributed by atoms with E-state index in [4.69, 9.17) is 0 Å². The Kier molecular flexibility index (Phi) is 5.84. The maximum absolute atomic E-state index is 12.0. The van der Waals surface area contributed by atoms with Crippen LogP contribution in [0.5, 0.6) is 0 Å². The molecule has 1 aliphatic heterocycles. The lowest BCUT2D eigenvalue weighted by Gasteiger charge is -2.34. The number of piperidine rings is 1. The van der Waals surface area contributed by atoms with Crippen LogP contribution in [0.2, 0.25) is 0 Å². The Hall–Kier alpha value is -0.620. The highest BCUT2D eigenvalue weighted by Gasteiger charge is 2.21. The van der Waals surface area contributed by atoms with Crippen LogP contribution in [0, 0.1) is 15.4 Å². The zero-order valence-corrected chi connectivity index (χ0v) is 14.4. The van der Waals surface area contributed by atoms with Gasteiger partial charge in [-0.25, -0.2) is 0 Å². The molecule has 1 saturated heterocycles. The molecule has 1 amide bonds. The van der Waals surface area contributed by atoms with Gasteiger partial charge >= 0.3 is 0 Å². The molecule has 1 aliphatic rings. The van der Waals surface area contributed by atoms with Gasteiger partial charge in [-0.2, -0.15) is 0 Å². The van der Waals surface area contributed by atoms with Gasteiger partial charge in [0.25, 0.3) is 5.91 Å². The van der Waals surface area contributed by atoms with Crippen LogP contribution in [0.1, 0.15) is 30.6 Å². The minimum absolute atomic E-state index is 0.0293. The molecule has 0 aliphatic carbocycles. The fraction of sp³-hybridized carbons (Fsp3) is 0.562. The quantitative estimate of drug-likeness (QED) is 0.807. The smallest absolute Gasteiger partial charge is 0.251 e. The Morgan fingerprint density at radius 1 is 1.35 bits per heavy atom. The van der Waals surface area contributed by atoms with Crippen molar-refractivity contribution in [2.45, 2.75) is 20.3 Å². The Morgan fingerprint density at radius 3 is 2.70 bits per heavy atom. The van der Waals surface area contributed by atoms with E-state index in [9.17, 15) is 4.79 Å². The lowest BCUT2D eigenvalue weighted by Crippen LogP contribution is -2.42. The predicted molar refractivity (Wildman–Crippen MR) is 90.9 cm³/mol. The number of carbonyl (C=O) groups is 1. The molecule has 0 spiro atoms. The largest absolute Gasteiger partial charge is 0.351 e. The lowest BCUT2D eigenvalue weighted by molar-refractivity contribution is 0.0936. The summed E-state index contributed by atoms with van der Waals surface area (Å²) in [5, 5.41) is 3.02. The van der Waals surface area contributed by atoms with Crippen LogP contribution >= 0.6 is 22.6 Å². The summed E-state index contributed by atoms with van der Waals surface area (Å²) in [7, 11) is 0. The highest BCUT2D eigenvalue weighted by atomic mass is 127. The number of rotatable bonds is 4. The van der Waals surface area contributed by atoms with Crippen molar-refractivity contribution >= 4 is 28.5 Å². The molecule has 20 heavy (non-hydrogen) atoms. The van der Waals surface area contributed by atoms with Crippen molar-refractivity contribution < 1.29 is 4.79 Å². The van der Waals surface area contributed by atoms with E-state index in [1.165, 1.54) is 6.42 Å². The number of nitrogens with zero attached hydrogens (tertiary/aromatic N) is 1. The van der Waals surface area contributed by atoms with E-state index < -0.39 is 0 Å². The van der Waals surface area contributed by atoms with Gasteiger partial charge < -0.3 is 10.2 Å². The normalized spacial score (nSPS) is 23.6. The van der Waals surface area contributed by atoms with E-state index in [2.05, 4.69) is 46.7 Å². The fourth-order valence-corrected chi connectivity index (χ4v) is 3.58. The first kappa shape index (κ1) is 15.8. The summed E-state index contributed by atoms with van der Waals surface area (Å²) < 4.78 is 1.09. The van der Waals surface area contributed by atoms with Crippen molar-refractivity contribution in [3.05, 3.63) is 33.4 Å². The third-order valence-corrected chi connectivity index (χ3v) is 4.42. The standard InChI is InChI=1S/C16H23IN2O/c1-12-8-13(2)11-19(10-12)7-6-18-16(20)14-4-3-5-15(17)9-14/h3-5,9,12-13H,6-8,10-11H2,1-2H3,(H,18,20). The van der Waals surface area contributed by atoms with Gasteiger partial charge in [-0.05, 0) is 59.0 Å². The molecular formula is C16H23IN2O. The van der Waals surface area contributed by atoms with E-state index in [0.717, 1.165) is 47.1 Å². The summed E-state index contributed by atoms with van der Waals surface area (Å²) in [4.78, 5) is 14.5. The minimum atomic E-state index is 0.0293. The second kappa shape index (κ2) is 7.41. The van der Waals surface area contributed by atoms with Crippen LogP contribution in [0.3, 0.4) is 0 Å². The molecule has 2 atom stereocenters. The fourth-order valence-electron chi connectivity index (χ4n) is 3.03. The van der Waals surface area contributed by atoms with Gasteiger partial charge in [0.15, 0.2) is 0 Å². The van der Waals surface area contributed by atoms with Crippen molar-refractivity contribution in [2.75, 3.05) is 26.2 Å². The van der Waals surface area contributed by atoms with Gasteiger partial charge in [-0.15, -0.1) is 0 Å². The highest BCUT2D eigenvalue weighted by molar-refractivity contribution is 14.1. The number of hydrogen-bond donors (Lipinski definition) is 1. The van der Waals surface area contributed by atoms with E-state index in [1.807, 2.05) is 24.3 Å². The molecule has 4 heteroatoms. The summed E-state index contributed by atoms with van der Waals surface area (Å²) in [5.41, 5.74) is 0.747. The number of carbonyl (C=O) groups excluding carboxylic acids is 1. The Labute approximate surface area is 135 Å². The molecule has 0 saturated carbocycles. The number of halogens is 1. The van der Waals surface area contributed by atoms with E-state index in [1.54, 1.807) is 0 Å². The van der Waals surface area contributed by atoms with Crippen LogP contribution in [0.25, 0.3) is 0 Å². The van der Waals surface area contributed by atoms with E-state index >= 15 is 0 Å². The number of amides is 1. The van der Waals surface area contributed by atoms with Crippen LogP contribution < -0.4 is 5.32 Å². The van der Waals surface area contributed by atoms with Gasteiger partial charge in [-0.1, -0.05) is 19.9 Å². The summed E-state index contributed by atoms with van der Waals surface area (Å²) in [6, 6.07) is 7.70. The molecule has 2 rings (SSSR count). The zero-order chi connectivity index (χ0) is 14.5. The molecular weight excluding hydrogens is 363 g/mol. The van der Waals surface area contributed by atoms with Crippen LogP contribution in [0.4, 0.5) is 0 Å². The van der Waals surface area contributed by atoms with Gasteiger partial charge in [-0.3, -0.25) is 4.79 Å². The second-order valence-electron chi connectivity index (χ2n) is 5.97. The average Bonchev–Trinajstić information content (AvgIpc) is 2.37. The molecule has 0 aromatic heterocycles. The Bertz CT molecular complexity index is 454. The first-order valence-corrected chi connectivity index (χ1v) is 8.38. The number of hydrogen-bond acceptors (Lipinski definition) is 2. The van der Waals surface area contributed by atoms with Crippen molar-refractivity contribution in [1.82, 2.24) is 10.2 Å². The van der Waals surface area contributed by atoms with Gasteiger partial charge in [0.05, 0.1) is 0 Å². The van der Waals surface area contributed by atoms with E-state index in [-0.39, 0.29) is 5.91 Å². The summed E-state index contributed by atoms with van der Waals surface area (Å²) in [6.45, 7) is 8.61. The van der Waals surface area contributed by atoms with Crippen LogP contribution in [-0.4, -0.2) is 37.0 Å².